The summed E-state index contributed by atoms with van der Waals surface area (Å²) in [6.07, 6.45) is 4.23. The van der Waals surface area contributed by atoms with Crippen molar-refractivity contribution >= 4 is 5.78 Å². The third kappa shape index (κ3) is 2.59. The third-order valence-corrected chi connectivity index (χ3v) is 2.57. The van der Waals surface area contributed by atoms with E-state index < -0.39 is 0 Å². The predicted molar refractivity (Wildman–Crippen MR) is 50.1 cm³/mol. The first-order valence-corrected chi connectivity index (χ1v) is 4.95. The lowest BCUT2D eigenvalue weighted by Crippen LogP contribution is -2.28. The van der Waals surface area contributed by atoms with Crippen LogP contribution >= 0.6 is 0 Å². The molecule has 0 aromatic carbocycles. The lowest BCUT2D eigenvalue weighted by Gasteiger charge is -2.18. The number of carbonyl (C=O) groups is 1. The van der Waals surface area contributed by atoms with Gasteiger partial charge in [-0.2, -0.15) is 0 Å². The topological polar surface area (TPSA) is 20.3 Å². The van der Waals surface area contributed by atoms with Crippen LogP contribution in [0.1, 0.15) is 32.6 Å². The second-order valence-corrected chi connectivity index (χ2v) is 3.82. The molecule has 0 aromatic rings. The highest BCUT2D eigenvalue weighted by Crippen LogP contribution is 2.21. The molecular weight excluding hydrogens is 150 g/mol. The van der Waals surface area contributed by atoms with Gasteiger partial charge in [-0.05, 0) is 32.9 Å². The number of ketones is 1. The van der Waals surface area contributed by atoms with E-state index in [9.17, 15) is 4.79 Å². The molecule has 0 bridgehead atoms. The molecule has 2 heteroatoms. The van der Waals surface area contributed by atoms with E-state index in [1.165, 1.54) is 6.42 Å². The molecule has 12 heavy (non-hydrogen) atoms. The van der Waals surface area contributed by atoms with Crippen LogP contribution in [-0.4, -0.2) is 30.8 Å². The van der Waals surface area contributed by atoms with E-state index in [1.807, 2.05) is 0 Å². The normalized spacial score (nSPS) is 23.9. The van der Waals surface area contributed by atoms with Gasteiger partial charge in [0.15, 0.2) is 0 Å². The zero-order chi connectivity index (χ0) is 8.97. The molecule has 1 rings (SSSR count). The molecule has 1 unspecified atom stereocenters. The van der Waals surface area contributed by atoms with Gasteiger partial charge in [0.2, 0.25) is 0 Å². The van der Waals surface area contributed by atoms with Gasteiger partial charge in [0.05, 0.1) is 0 Å². The SMILES string of the molecule is CCCN(C)CC1CCCC1=O. The van der Waals surface area contributed by atoms with E-state index in [4.69, 9.17) is 0 Å². The van der Waals surface area contributed by atoms with E-state index in [0.29, 0.717) is 11.7 Å². The van der Waals surface area contributed by atoms with E-state index in [-0.39, 0.29) is 0 Å². The zero-order valence-corrected chi connectivity index (χ0v) is 8.18. The average molecular weight is 169 g/mol. The fourth-order valence-corrected chi connectivity index (χ4v) is 1.93. The highest BCUT2D eigenvalue weighted by atomic mass is 16.1. The summed E-state index contributed by atoms with van der Waals surface area (Å²) < 4.78 is 0. The Balaban J connectivity index is 2.25. The van der Waals surface area contributed by atoms with Crippen LogP contribution in [0.15, 0.2) is 0 Å². The fourth-order valence-electron chi connectivity index (χ4n) is 1.93. The predicted octanol–water partition coefficient (Wildman–Crippen LogP) is 1.70. The Hall–Kier alpha value is -0.370. The molecule has 0 amide bonds. The largest absolute Gasteiger partial charge is 0.306 e. The number of hydrogen-bond acceptors (Lipinski definition) is 2. The standard InChI is InChI=1S/C10H19NO/c1-3-7-11(2)8-9-5-4-6-10(9)12/h9H,3-8H2,1-2H3. The monoisotopic (exact) mass is 169 g/mol. The van der Waals surface area contributed by atoms with Gasteiger partial charge in [-0.15, -0.1) is 0 Å². The Morgan fingerprint density at radius 3 is 2.83 bits per heavy atom. The highest BCUT2D eigenvalue weighted by Gasteiger charge is 2.24. The van der Waals surface area contributed by atoms with Crippen LogP contribution in [0.25, 0.3) is 0 Å². The molecule has 1 atom stereocenters. The van der Waals surface area contributed by atoms with Gasteiger partial charge >= 0.3 is 0 Å². The average Bonchev–Trinajstić information content (AvgIpc) is 2.37. The van der Waals surface area contributed by atoms with Crippen LogP contribution in [0.4, 0.5) is 0 Å². The second-order valence-electron chi connectivity index (χ2n) is 3.82. The molecule has 1 fully saturated rings. The molecule has 2 nitrogen and oxygen atoms in total. The molecule has 0 aromatic heterocycles. The quantitative estimate of drug-likeness (QED) is 0.638. The molecule has 70 valence electrons. The third-order valence-electron chi connectivity index (χ3n) is 2.57. The van der Waals surface area contributed by atoms with Crippen molar-refractivity contribution in [1.82, 2.24) is 4.90 Å². The minimum absolute atomic E-state index is 0.349. The van der Waals surface area contributed by atoms with E-state index in [2.05, 4.69) is 18.9 Å². The molecule has 0 saturated heterocycles. The van der Waals surface area contributed by atoms with Gasteiger partial charge < -0.3 is 4.90 Å². The minimum atomic E-state index is 0.349. The van der Waals surface area contributed by atoms with Crippen molar-refractivity contribution in [3.05, 3.63) is 0 Å². The van der Waals surface area contributed by atoms with Crippen molar-refractivity contribution in [2.45, 2.75) is 32.6 Å². The van der Waals surface area contributed by atoms with Crippen LogP contribution < -0.4 is 0 Å². The zero-order valence-electron chi connectivity index (χ0n) is 8.18. The Morgan fingerprint density at radius 1 is 1.58 bits per heavy atom. The number of nitrogens with zero attached hydrogens (tertiary/aromatic N) is 1. The molecule has 0 radical (unpaired) electrons. The molecule has 1 aliphatic rings. The summed E-state index contributed by atoms with van der Waals surface area (Å²) in [7, 11) is 2.11. The van der Waals surface area contributed by atoms with Crippen molar-refractivity contribution in [3.8, 4) is 0 Å². The van der Waals surface area contributed by atoms with Crippen LogP contribution in [0.3, 0.4) is 0 Å². The number of hydrogen-bond donors (Lipinski definition) is 0. The maximum Gasteiger partial charge on any atom is 0.137 e. The second kappa shape index (κ2) is 4.61. The Morgan fingerprint density at radius 2 is 2.33 bits per heavy atom. The van der Waals surface area contributed by atoms with Crippen LogP contribution in [0.2, 0.25) is 0 Å². The molecule has 0 aliphatic heterocycles. The summed E-state index contributed by atoms with van der Waals surface area (Å²) in [6.45, 7) is 4.27. The summed E-state index contributed by atoms with van der Waals surface area (Å²) in [5.74, 6) is 0.833. The van der Waals surface area contributed by atoms with Crippen molar-refractivity contribution in [1.29, 1.82) is 0 Å². The lowest BCUT2D eigenvalue weighted by atomic mass is 10.1. The molecule has 1 saturated carbocycles. The van der Waals surface area contributed by atoms with Crippen molar-refractivity contribution in [2.75, 3.05) is 20.1 Å². The number of carbonyl (C=O) groups excluding carboxylic acids is 1. The van der Waals surface area contributed by atoms with Crippen molar-refractivity contribution in [3.63, 3.8) is 0 Å². The van der Waals surface area contributed by atoms with Crippen molar-refractivity contribution < 1.29 is 4.79 Å². The first kappa shape index (κ1) is 9.72. The van der Waals surface area contributed by atoms with E-state index in [1.54, 1.807) is 0 Å². The van der Waals surface area contributed by atoms with Crippen LogP contribution in [-0.2, 0) is 4.79 Å². The Kier molecular flexibility index (Phi) is 3.73. The van der Waals surface area contributed by atoms with Gasteiger partial charge in [0.25, 0.3) is 0 Å². The molecule has 0 heterocycles. The Labute approximate surface area is 74.9 Å². The minimum Gasteiger partial charge on any atom is -0.306 e. The van der Waals surface area contributed by atoms with Crippen molar-refractivity contribution in [2.24, 2.45) is 5.92 Å². The molecular formula is C10H19NO. The number of Topliss-reactive ketones (excluding diaryl/α,β-unsaturated/α-hetero) is 1. The molecule has 0 N–H and O–H groups in total. The summed E-state index contributed by atoms with van der Waals surface area (Å²) >= 11 is 0. The maximum absolute atomic E-state index is 11.3. The fraction of sp³-hybridized carbons (Fsp3) is 0.900. The lowest BCUT2D eigenvalue weighted by molar-refractivity contribution is -0.121. The van der Waals surface area contributed by atoms with Crippen LogP contribution in [0.5, 0.6) is 0 Å². The number of rotatable bonds is 4. The first-order valence-electron chi connectivity index (χ1n) is 4.95. The van der Waals surface area contributed by atoms with Gasteiger partial charge in [-0.25, -0.2) is 0 Å². The van der Waals surface area contributed by atoms with E-state index in [0.717, 1.165) is 32.4 Å². The Bertz CT molecular complexity index is 156. The summed E-state index contributed by atoms with van der Waals surface area (Å²) in [4.78, 5) is 13.6. The van der Waals surface area contributed by atoms with Gasteiger partial charge in [0, 0.05) is 18.9 Å². The maximum atomic E-state index is 11.3. The van der Waals surface area contributed by atoms with Crippen LogP contribution in [0, 0.1) is 5.92 Å². The molecule has 0 spiro atoms. The summed E-state index contributed by atoms with van der Waals surface area (Å²) in [5.41, 5.74) is 0. The smallest absolute Gasteiger partial charge is 0.137 e. The summed E-state index contributed by atoms with van der Waals surface area (Å²) in [6, 6.07) is 0. The first-order chi connectivity index (χ1) is 5.74. The van der Waals surface area contributed by atoms with Gasteiger partial charge in [-0.3, -0.25) is 4.79 Å². The van der Waals surface area contributed by atoms with Gasteiger partial charge in [-0.1, -0.05) is 6.92 Å². The van der Waals surface area contributed by atoms with Gasteiger partial charge in [0.1, 0.15) is 5.78 Å². The highest BCUT2D eigenvalue weighted by molar-refractivity contribution is 5.83. The van der Waals surface area contributed by atoms with E-state index >= 15 is 0 Å². The molecule has 1 aliphatic carbocycles. The summed E-state index contributed by atoms with van der Waals surface area (Å²) in [5, 5.41) is 0.